The van der Waals surface area contributed by atoms with Gasteiger partial charge in [-0.05, 0) is 18.4 Å². The number of nitrogens with zero attached hydrogens (tertiary/aromatic N) is 1. The molecule has 0 aliphatic heterocycles. The van der Waals surface area contributed by atoms with Crippen molar-refractivity contribution in [2.45, 2.75) is 31.0 Å². The number of carbonyl (C=O) groups excluding carboxylic acids is 2. The molecule has 1 aromatic rings. The van der Waals surface area contributed by atoms with Gasteiger partial charge in [0.1, 0.15) is 12.1 Å². The summed E-state index contributed by atoms with van der Waals surface area (Å²) < 4.78 is 0. The number of hydrogen-bond donors (Lipinski definition) is 6. The number of amides is 2. The number of aromatic nitrogens is 2. The summed E-state index contributed by atoms with van der Waals surface area (Å²) in [5, 5.41) is 14.3. The zero-order valence-corrected chi connectivity index (χ0v) is 15.5. The molecular formula is C14H23N5O4S2. The Labute approximate surface area is 155 Å². The van der Waals surface area contributed by atoms with Crippen LogP contribution in [0.5, 0.6) is 0 Å². The van der Waals surface area contributed by atoms with Gasteiger partial charge in [0.15, 0.2) is 0 Å². The highest BCUT2D eigenvalue weighted by molar-refractivity contribution is 7.98. The molecule has 0 aliphatic rings. The van der Waals surface area contributed by atoms with Crippen molar-refractivity contribution in [2.24, 2.45) is 5.73 Å². The van der Waals surface area contributed by atoms with E-state index >= 15 is 0 Å². The van der Waals surface area contributed by atoms with Gasteiger partial charge in [-0.1, -0.05) is 0 Å². The third-order valence-electron chi connectivity index (χ3n) is 3.37. The third kappa shape index (κ3) is 7.36. The highest BCUT2D eigenvalue weighted by Crippen LogP contribution is 2.04. The summed E-state index contributed by atoms with van der Waals surface area (Å²) in [5.41, 5.74) is 6.18. The summed E-state index contributed by atoms with van der Waals surface area (Å²) in [6.07, 6.45) is 5.20. The topological polar surface area (TPSA) is 150 Å². The maximum atomic E-state index is 12.5. The fraction of sp³-hybridized carbons (Fsp3) is 0.571. The van der Waals surface area contributed by atoms with Crippen LogP contribution in [0.3, 0.4) is 0 Å². The second-order valence-corrected chi connectivity index (χ2v) is 6.66. The SMILES string of the molecule is CSCCC(NC(=O)C(N)CS)C(=O)NC(Cc1cnc[nH]1)C(=O)O. The second-order valence-electron chi connectivity index (χ2n) is 5.31. The van der Waals surface area contributed by atoms with E-state index in [-0.39, 0.29) is 12.2 Å². The van der Waals surface area contributed by atoms with Crippen LogP contribution < -0.4 is 16.4 Å². The highest BCUT2D eigenvalue weighted by atomic mass is 32.2. The standard InChI is InChI=1S/C14H23N5O4S2/c1-25-3-2-10(18-12(20)9(15)6-24)13(21)19-11(14(22)23)4-8-5-16-7-17-8/h5,7,9-11,24H,2-4,6,15H2,1H3,(H,16,17)(H,18,20)(H,19,21)(H,22,23). The Kier molecular flexibility index (Phi) is 9.39. The maximum Gasteiger partial charge on any atom is 0.326 e. The van der Waals surface area contributed by atoms with Crippen molar-refractivity contribution in [1.29, 1.82) is 0 Å². The first kappa shape index (κ1) is 21.3. The van der Waals surface area contributed by atoms with E-state index < -0.39 is 35.9 Å². The first-order valence-electron chi connectivity index (χ1n) is 7.55. The molecule has 6 N–H and O–H groups in total. The van der Waals surface area contributed by atoms with Gasteiger partial charge in [0.25, 0.3) is 0 Å². The summed E-state index contributed by atoms with van der Waals surface area (Å²) in [6, 6.07) is -2.84. The van der Waals surface area contributed by atoms with Crippen LogP contribution in [-0.2, 0) is 20.8 Å². The molecule has 0 radical (unpaired) electrons. The summed E-state index contributed by atoms with van der Waals surface area (Å²) in [7, 11) is 0. The van der Waals surface area contributed by atoms with Gasteiger partial charge in [0.2, 0.25) is 11.8 Å². The lowest BCUT2D eigenvalue weighted by Crippen LogP contribution is -2.55. The van der Waals surface area contributed by atoms with Gasteiger partial charge < -0.3 is 26.5 Å². The number of aromatic amines is 1. The van der Waals surface area contributed by atoms with E-state index in [0.29, 0.717) is 17.9 Å². The van der Waals surface area contributed by atoms with Crippen LogP contribution in [0.4, 0.5) is 0 Å². The van der Waals surface area contributed by atoms with Gasteiger partial charge in [-0.3, -0.25) is 9.59 Å². The first-order chi connectivity index (χ1) is 11.9. The van der Waals surface area contributed by atoms with Crippen molar-refractivity contribution >= 4 is 42.2 Å². The van der Waals surface area contributed by atoms with Gasteiger partial charge in [0, 0.05) is 24.1 Å². The fourth-order valence-electron chi connectivity index (χ4n) is 1.95. The number of carboxylic acid groups (broad SMARTS) is 1. The van der Waals surface area contributed by atoms with Gasteiger partial charge in [-0.15, -0.1) is 0 Å². The van der Waals surface area contributed by atoms with E-state index in [4.69, 9.17) is 5.73 Å². The molecule has 0 fully saturated rings. The molecule has 0 aliphatic carbocycles. The number of H-pyrrole nitrogens is 1. The van der Waals surface area contributed by atoms with Crippen LogP contribution >= 0.6 is 24.4 Å². The molecule has 1 rings (SSSR count). The van der Waals surface area contributed by atoms with E-state index in [1.165, 1.54) is 24.3 Å². The predicted octanol–water partition coefficient (Wildman–Crippen LogP) is -0.983. The minimum atomic E-state index is -1.18. The lowest BCUT2D eigenvalue weighted by molar-refractivity contribution is -0.142. The van der Waals surface area contributed by atoms with Crippen LogP contribution in [0.25, 0.3) is 0 Å². The Morgan fingerprint density at radius 2 is 2.04 bits per heavy atom. The summed E-state index contributed by atoms with van der Waals surface area (Å²) in [4.78, 5) is 42.4. The van der Waals surface area contributed by atoms with E-state index in [9.17, 15) is 19.5 Å². The number of rotatable bonds is 11. The Morgan fingerprint density at radius 1 is 1.36 bits per heavy atom. The van der Waals surface area contributed by atoms with Crippen molar-refractivity contribution in [3.05, 3.63) is 18.2 Å². The normalized spacial score (nSPS) is 14.4. The zero-order chi connectivity index (χ0) is 18.8. The molecule has 3 unspecified atom stereocenters. The number of carboxylic acids is 1. The van der Waals surface area contributed by atoms with Gasteiger partial charge in [-0.25, -0.2) is 9.78 Å². The minimum Gasteiger partial charge on any atom is -0.480 e. The van der Waals surface area contributed by atoms with Gasteiger partial charge in [0.05, 0.1) is 12.4 Å². The molecule has 0 saturated heterocycles. The summed E-state index contributed by atoms with van der Waals surface area (Å²) in [5.74, 6) is -1.49. The molecule has 11 heteroatoms. The molecule has 9 nitrogen and oxygen atoms in total. The molecule has 0 bridgehead atoms. The van der Waals surface area contributed by atoms with Crippen LogP contribution in [0.1, 0.15) is 12.1 Å². The molecule has 1 heterocycles. The smallest absolute Gasteiger partial charge is 0.326 e. The van der Waals surface area contributed by atoms with Crippen molar-refractivity contribution in [3.8, 4) is 0 Å². The fourth-order valence-corrected chi connectivity index (χ4v) is 2.59. The van der Waals surface area contributed by atoms with E-state index in [0.717, 1.165) is 0 Å². The van der Waals surface area contributed by atoms with Crippen molar-refractivity contribution < 1.29 is 19.5 Å². The van der Waals surface area contributed by atoms with Crippen molar-refractivity contribution in [3.63, 3.8) is 0 Å². The Morgan fingerprint density at radius 3 is 2.56 bits per heavy atom. The van der Waals surface area contributed by atoms with E-state index in [1.54, 1.807) is 0 Å². The molecule has 0 aromatic carbocycles. The summed E-state index contributed by atoms with van der Waals surface area (Å²) in [6.45, 7) is 0. The predicted molar refractivity (Wildman–Crippen MR) is 98.6 cm³/mol. The molecule has 25 heavy (non-hydrogen) atoms. The number of nitrogens with one attached hydrogen (secondary N) is 3. The van der Waals surface area contributed by atoms with Crippen LogP contribution in [0.15, 0.2) is 12.5 Å². The van der Waals surface area contributed by atoms with Crippen molar-refractivity contribution in [1.82, 2.24) is 20.6 Å². The van der Waals surface area contributed by atoms with E-state index in [1.807, 2.05) is 6.26 Å². The zero-order valence-electron chi connectivity index (χ0n) is 13.8. The van der Waals surface area contributed by atoms with Crippen LogP contribution in [0, 0.1) is 0 Å². The Hall–Kier alpha value is -1.72. The van der Waals surface area contributed by atoms with Gasteiger partial charge >= 0.3 is 5.97 Å². The first-order valence-corrected chi connectivity index (χ1v) is 9.57. The average Bonchev–Trinajstić information content (AvgIpc) is 3.09. The van der Waals surface area contributed by atoms with Crippen LogP contribution in [0.2, 0.25) is 0 Å². The quantitative estimate of drug-likeness (QED) is 0.266. The number of aliphatic carboxylic acids is 1. The molecule has 140 valence electrons. The average molecular weight is 390 g/mol. The molecule has 1 aromatic heterocycles. The lowest BCUT2D eigenvalue weighted by Gasteiger charge is -2.22. The minimum absolute atomic E-state index is 0.0560. The number of carbonyl (C=O) groups is 3. The summed E-state index contributed by atoms with van der Waals surface area (Å²) >= 11 is 5.46. The molecular weight excluding hydrogens is 366 g/mol. The van der Waals surface area contributed by atoms with E-state index in [2.05, 4.69) is 33.2 Å². The molecule has 2 amide bonds. The Balaban J connectivity index is 2.76. The number of thioether (sulfide) groups is 1. The van der Waals surface area contributed by atoms with Crippen LogP contribution in [-0.4, -0.2) is 68.7 Å². The monoisotopic (exact) mass is 389 g/mol. The lowest BCUT2D eigenvalue weighted by atomic mass is 10.1. The molecule has 3 atom stereocenters. The second kappa shape index (κ2) is 11.0. The Bertz CT molecular complexity index is 570. The number of thiol groups is 1. The third-order valence-corrected chi connectivity index (χ3v) is 4.41. The van der Waals surface area contributed by atoms with Gasteiger partial charge in [-0.2, -0.15) is 24.4 Å². The number of imidazole rings is 1. The maximum absolute atomic E-state index is 12.5. The van der Waals surface area contributed by atoms with Crippen molar-refractivity contribution in [2.75, 3.05) is 17.8 Å². The molecule has 0 spiro atoms. The largest absolute Gasteiger partial charge is 0.480 e. The number of hydrogen-bond acceptors (Lipinski definition) is 7. The highest BCUT2D eigenvalue weighted by Gasteiger charge is 2.27. The molecule has 0 saturated carbocycles. The number of nitrogens with two attached hydrogens (primary N) is 1.